The van der Waals surface area contributed by atoms with Crippen LogP contribution >= 0.6 is 0 Å². The second-order valence-electron chi connectivity index (χ2n) is 3.86. The maximum absolute atomic E-state index is 11.6. The fraction of sp³-hybridized carbons (Fsp3) is 0.385. The molecule has 0 saturated carbocycles. The van der Waals surface area contributed by atoms with Gasteiger partial charge in [0.05, 0.1) is 26.0 Å². The number of ether oxygens (including phenoxy) is 1. The van der Waals surface area contributed by atoms with Crippen molar-refractivity contribution in [1.29, 1.82) is 5.26 Å². The van der Waals surface area contributed by atoms with Crippen LogP contribution in [-0.2, 0) is 11.2 Å². The van der Waals surface area contributed by atoms with Gasteiger partial charge in [-0.3, -0.25) is 4.79 Å². The van der Waals surface area contributed by atoms with Crippen molar-refractivity contribution in [1.82, 2.24) is 5.32 Å². The number of rotatable bonds is 5. The summed E-state index contributed by atoms with van der Waals surface area (Å²) in [7, 11) is 1.60. The minimum atomic E-state index is -0.106. The lowest BCUT2D eigenvalue weighted by Gasteiger charge is -2.10. The second kappa shape index (κ2) is 6.54. The monoisotopic (exact) mass is 232 g/mol. The van der Waals surface area contributed by atoms with Gasteiger partial charge in [0.1, 0.15) is 5.75 Å². The summed E-state index contributed by atoms with van der Waals surface area (Å²) in [5.74, 6) is 0.699. The Morgan fingerprint density at radius 3 is 2.65 bits per heavy atom. The van der Waals surface area contributed by atoms with E-state index in [0.29, 0.717) is 12.8 Å². The lowest BCUT2D eigenvalue weighted by atomic mass is 10.1. The molecule has 17 heavy (non-hydrogen) atoms. The Hall–Kier alpha value is -2.02. The van der Waals surface area contributed by atoms with Gasteiger partial charge in [-0.1, -0.05) is 12.1 Å². The molecule has 1 amide bonds. The van der Waals surface area contributed by atoms with Crippen molar-refractivity contribution in [2.45, 2.75) is 25.8 Å². The van der Waals surface area contributed by atoms with Crippen LogP contribution < -0.4 is 10.1 Å². The second-order valence-corrected chi connectivity index (χ2v) is 3.86. The van der Waals surface area contributed by atoms with Gasteiger partial charge in [0.25, 0.3) is 0 Å². The van der Waals surface area contributed by atoms with Gasteiger partial charge in [0.15, 0.2) is 0 Å². The molecule has 0 aromatic heterocycles. The molecule has 0 bridgehead atoms. The quantitative estimate of drug-likeness (QED) is 0.839. The zero-order chi connectivity index (χ0) is 12.7. The smallest absolute Gasteiger partial charge is 0.224 e. The van der Waals surface area contributed by atoms with E-state index in [-0.39, 0.29) is 11.9 Å². The maximum Gasteiger partial charge on any atom is 0.224 e. The highest BCUT2D eigenvalue weighted by molar-refractivity contribution is 5.78. The van der Waals surface area contributed by atoms with Crippen LogP contribution in [-0.4, -0.2) is 19.1 Å². The lowest BCUT2D eigenvalue weighted by molar-refractivity contribution is -0.121. The third-order valence-corrected chi connectivity index (χ3v) is 2.33. The third kappa shape index (κ3) is 4.56. The van der Waals surface area contributed by atoms with Crippen molar-refractivity contribution >= 4 is 5.91 Å². The summed E-state index contributed by atoms with van der Waals surface area (Å²) in [6, 6.07) is 9.27. The predicted molar refractivity (Wildman–Crippen MR) is 64.5 cm³/mol. The molecule has 1 aromatic rings. The number of benzene rings is 1. The number of nitrogens with one attached hydrogen (secondary N) is 1. The molecule has 0 radical (unpaired) electrons. The first-order valence-electron chi connectivity index (χ1n) is 5.45. The largest absolute Gasteiger partial charge is 0.497 e. The van der Waals surface area contributed by atoms with Crippen molar-refractivity contribution < 1.29 is 9.53 Å². The van der Waals surface area contributed by atoms with Gasteiger partial charge in [0.2, 0.25) is 5.91 Å². The summed E-state index contributed by atoms with van der Waals surface area (Å²) in [6.07, 6.45) is 0.647. The molecule has 0 saturated heterocycles. The van der Waals surface area contributed by atoms with Crippen LogP contribution in [0.25, 0.3) is 0 Å². The molecule has 1 atom stereocenters. The van der Waals surface area contributed by atoms with E-state index in [1.54, 1.807) is 7.11 Å². The number of amides is 1. The highest BCUT2D eigenvalue weighted by Gasteiger charge is 2.07. The molecular formula is C13H16N2O2. The van der Waals surface area contributed by atoms with Gasteiger partial charge in [0, 0.05) is 6.04 Å². The van der Waals surface area contributed by atoms with E-state index in [1.165, 1.54) is 0 Å². The summed E-state index contributed by atoms with van der Waals surface area (Å²) in [5.41, 5.74) is 0.924. The predicted octanol–water partition coefficient (Wildman–Crippen LogP) is 1.66. The van der Waals surface area contributed by atoms with Crippen LogP contribution in [0.5, 0.6) is 5.75 Å². The zero-order valence-electron chi connectivity index (χ0n) is 10.1. The number of carbonyl (C=O) groups is 1. The highest BCUT2D eigenvalue weighted by atomic mass is 16.5. The average Bonchev–Trinajstić information content (AvgIpc) is 2.30. The Balaban J connectivity index is 2.48. The van der Waals surface area contributed by atoms with E-state index in [4.69, 9.17) is 10.00 Å². The minimum absolute atomic E-state index is 0.0714. The average molecular weight is 232 g/mol. The summed E-state index contributed by atoms with van der Waals surface area (Å²) >= 11 is 0. The van der Waals surface area contributed by atoms with E-state index in [1.807, 2.05) is 37.3 Å². The Morgan fingerprint density at radius 2 is 2.12 bits per heavy atom. The van der Waals surface area contributed by atoms with Crippen molar-refractivity contribution in [2.24, 2.45) is 0 Å². The highest BCUT2D eigenvalue weighted by Crippen LogP contribution is 2.11. The van der Waals surface area contributed by atoms with Gasteiger partial charge in [-0.05, 0) is 24.6 Å². The van der Waals surface area contributed by atoms with E-state index < -0.39 is 0 Å². The standard InChI is InChI=1S/C13H16N2O2/c1-10(7-8-14)15-13(16)9-11-3-5-12(17-2)6-4-11/h3-6,10H,7,9H2,1-2H3,(H,15,16). The molecule has 0 fully saturated rings. The van der Waals surface area contributed by atoms with Crippen LogP contribution in [0.1, 0.15) is 18.9 Å². The van der Waals surface area contributed by atoms with Crippen molar-refractivity contribution in [3.8, 4) is 11.8 Å². The summed E-state index contributed by atoms with van der Waals surface area (Å²) in [5, 5.41) is 11.2. The van der Waals surface area contributed by atoms with Gasteiger partial charge in [-0.25, -0.2) is 0 Å². The molecule has 4 nitrogen and oxygen atoms in total. The fourth-order valence-electron chi connectivity index (χ4n) is 1.44. The molecule has 1 aromatic carbocycles. The summed E-state index contributed by atoms with van der Waals surface area (Å²) in [4.78, 5) is 11.6. The van der Waals surface area contributed by atoms with Crippen LogP contribution in [0, 0.1) is 11.3 Å². The summed E-state index contributed by atoms with van der Waals surface area (Å²) in [6.45, 7) is 1.81. The maximum atomic E-state index is 11.6. The first-order valence-corrected chi connectivity index (χ1v) is 5.45. The van der Waals surface area contributed by atoms with Crippen LogP contribution in [0.15, 0.2) is 24.3 Å². The van der Waals surface area contributed by atoms with Crippen LogP contribution in [0.3, 0.4) is 0 Å². The van der Waals surface area contributed by atoms with Gasteiger partial charge >= 0.3 is 0 Å². The fourth-order valence-corrected chi connectivity index (χ4v) is 1.44. The van der Waals surface area contributed by atoms with Crippen LogP contribution in [0.2, 0.25) is 0 Å². The molecule has 0 aliphatic rings. The molecule has 0 heterocycles. The van der Waals surface area contributed by atoms with Gasteiger partial charge in [-0.2, -0.15) is 5.26 Å². The van der Waals surface area contributed by atoms with E-state index in [0.717, 1.165) is 11.3 Å². The van der Waals surface area contributed by atoms with Crippen LogP contribution in [0.4, 0.5) is 0 Å². The number of nitrogens with zero attached hydrogens (tertiary/aromatic N) is 1. The van der Waals surface area contributed by atoms with Crippen molar-refractivity contribution in [3.05, 3.63) is 29.8 Å². The number of hydrogen-bond donors (Lipinski definition) is 1. The molecule has 1 unspecified atom stereocenters. The molecule has 0 spiro atoms. The zero-order valence-corrected chi connectivity index (χ0v) is 10.1. The van der Waals surface area contributed by atoms with Crippen molar-refractivity contribution in [3.63, 3.8) is 0 Å². The van der Waals surface area contributed by atoms with E-state index >= 15 is 0 Å². The first-order chi connectivity index (χ1) is 8.15. The Kier molecular flexibility index (Phi) is 5.02. The summed E-state index contributed by atoms with van der Waals surface area (Å²) < 4.78 is 5.03. The molecule has 0 aliphatic carbocycles. The molecule has 0 aliphatic heterocycles. The number of methoxy groups -OCH3 is 1. The Morgan fingerprint density at radius 1 is 1.47 bits per heavy atom. The molecule has 1 N–H and O–H groups in total. The topological polar surface area (TPSA) is 62.1 Å². The molecule has 1 rings (SSSR count). The Bertz CT molecular complexity index is 406. The first kappa shape index (κ1) is 13.0. The van der Waals surface area contributed by atoms with E-state index in [9.17, 15) is 4.79 Å². The van der Waals surface area contributed by atoms with Gasteiger partial charge < -0.3 is 10.1 Å². The minimum Gasteiger partial charge on any atom is -0.497 e. The molecule has 4 heteroatoms. The van der Waals surface area contributed by atoms with Gasteiger partial charge in [-0.15, -0.1) is 0 Å². The molecular weight excluding hydrogens is 216 g/mol. The lowest BCUT2D eigenvalue weighted by Crippen LogP contribution is -2.33. The van der Waals surface area contributed by atoms with E-state index in [2.05, 4.69) is 5.32 Å². The Labute approximate surface area is 101 Å². The molecule has 90 valence electrons. The normalized spacial score (nSPS) is 11.4. The number of nitriles is 1. The van der Waals surface area contributed by atoms with Crippen molar-refractivity contribution in [2.75, 3.05) is 7.11 Å². The number of hydrogen-bond acceptors (Lipinski definition) is 3. The third-order valence-electron chi connectivity index (χ3n) is 2.33. The number of carbonyl (C=O) groups excluding carboxylic acids is 1. The SMILES string of the molecule is COc1ccc(CC(=O)NC(C)CC#N)cc1.